The van der Waals surface area contributed by atoms with Crippen LogP contribution in [0.1, 0.15) is 36.2 Å². The quantitative estimate of drug-likeness (QED) is 0.351. The average molecular weight is 484 g/mol. The lowest BCUT2D eigenvalue weighted by Crippen LogP contribution is -2.42. The number of guanidine groups is 1. The van der Waals surface area contributed by atoms with Gasteiger partial charge in [0.15, 0.2) is 5.96 Å². The first kappa shape index (κ1) is 21.2. The van der Waals surface area contributed by atoms with E-state index in [1.807, 2.05) is 0 Å². The van der Waals surface area contributed by atoms with Crippen molar-refractivity contribution in [3.05, 3.63) is 58.3 Å². The predicted molar refractivity (Wildman–Crippen MR) is 123 cm³/mol. The third-order valence-electron chi connectivity index (χ3n) is 4.55. The molecule has 1 saturated heterocycles. The largest absolute Gasteiger partial charge is 0.357 e. The molecule has 3 rings (SSSR count). The maximum Gasteiger partial charge on any atom is 0.191 e. The first-order valence-corrected chi connectivity index (χ1v) is 10.1. The summed E-state index contributed by atoms with van der Waals surface area (Å²) < 4.78 is 0. The lowest BCUT2D eigenvalue weighted by Gasteiger charge is -2.29. The number of thiophene rings is 1. The standard InChI is InChI=1S/C20H28N4S.HI/c1-2-21-20(22-15-18-11-8-14-25-18)23-16-19(24-12-6-7-13-24)17-9-4-3-5-10-17;/h3-5,8-11,14,19H,2,6-7,12-13,15-16H2,1H3,(H2,21,22,23);1H. The SMILES string of the molecule is CCNC(=NCc1cccs1)NCC(c1ccccc1)N1CCCC1.I. The van der Waals surface area contributed by atoms with E-state index in [0.29, 0.717) is 6.04 Å². The molecule has 1 aromatic heterocycles. The highest BCUT2D eigenvalue weighted by molar-refractivity contribution is 14.0. The van der Waals surface area contributed by atoms with E-state index >= 15 is 0 Å². The Morgan fingerprint density at radius 2 is 1.88 bits per heavy atom. The molecule has 1 unspecified atom stereocenters. The van der Waals surface area contributed by atoms with Gasteiger partial charge in [0.1, 0.15) is 0 Å². The second kappa shape index (κ2) is 11.6. The van der Waals surface area contributed by atoms with Gasteiger partial charge in [-0.05, 0) is 49.9 Å². The molecule has 2 aromatic rings. The van der Waals surface area contributed by atoms with Crippen molar-refractivity contribution in [2.45, 2.75) is 32.4 Å². The Bertz CT molecular complexity index is 639. The summed E-state index contributed by atoms with van der Waals surface area (Å²) in [5, 5.41) is 9.03. The van der Waals surface area contributed by atoms with Gasteiger partial charge in [-0.2, -0.15) is 0 Å². The minimum absolute atomic E-state index is 0. The van der Waals surface area contributed by atoms with Crippen molar-refractivity contribution in [2.24, 2.45) is 4.99 Å². The second-order valence-electron chi connectivity index (χ2n) is 6.32. The number of hydrogen-bond donors (Lipinski definition) is 2. The van der Waals surface area contributed by atoms with Crippen LogP contribution in [0, 0.1) is 0 Å². The molecule has 4 nitrogen and oxygen atoms in total. The predicted octanol–water partition coefficient (Wildman–Crippen LogP) is 4.26. The van der Waals surface area contributed by atoms with Crippen LogP contribution in [0.4, 0.5) is 0 Å². The van der Waals surface area contributed by atoms with Gasteiger partial charge in [-0.15, -0.1) is 35.3 Å². The highest BCUT2D eigenvalue weighted by Gasteiger charge is 2.23. The number of halogens is 1. The van der Waals surface area contributed by atoms with E-state index in [4.69, 9.17) is 4.99 Å². The number of benzene rings is 1. The van der Waals surface area contributed by atoms with Crippen LogP contribution >= 0.6 is 35.3 Å². The van der Waals surface area contributed by atoms with Crippen LogP contribution < -0.4 is 10.6 Å². The van der Waals surface area contributed by atoms with E-state index in [-0.39, 0.29) is 24.0 Å². The topological polar surface area (TPSA) is 39.7 Å². The number of hydrogen-bond acceptors (Lipinski definition) is 3. The van der Waals surface area contributed by atoms with Gasteiger partial charge in [-0.1, -0.05) is 36.4 Å². The maximum atomic E-state index is 4.73. The lowest BCUT2D eigenvalue weighted by atomic mass is 10.1. The molecule has 6 heteroatoms. The smallest absolute Gasteiger partial charge is 0.191 e. The van der Waals surface area contributed by atoms with Crippen LogP contribution in [-0.2, 0) is 6.54 Å². The molecule has 2 heterocycles. The molecule has 1 aliphatic rings. The van der Waals surface area contributed by atoms with Crippen LogP contribution in [0.15, 0.2) is 52.8 Å². The monoisotopic (exact) mass is 484 g/mol. The molecule has 26 heavy (non-hydrogen) atoms. The van der Waals surface area contributed by atoms with Crippen LogP contribution in [0.5, 0.6) is 0 Å². The van der Waals surface area contributed by atoms with Gasteiger partial charge >= 0.3 is 0 Å². The third-order valence-corrected chi connectivity index (χ3v) is 5.41. The molecule has 1 aliphatic heterocycles. The summed E-state index contributed by atoms with van der Waals surface area (Å²) in [4.78, 5) is 8.61. The van der Waals surface area contributed by atoms with Crippen LogP contribution in [-0.4, -0.2) is 37.0 Å². The lowest BCUT2D eigenvalue weighted by molar-refractivity contribution is 0.245. The van der Waals surface area contributed by atoms with E-state index in [1.165, 1.54) is 36.4 Å². The Kier molecular flexibility index (Phi) is 9.42. The molecule has 142 valence electrons. The van der Waals surface area contributed by atoms with Crippen molar-refractivity contribution in [1.29, 1.82) is 0 Å². The van der Waals surface area contributed by atoms with Crippen LogP contribution in [0.25, 0.3) is 0 Å². The molecular weight excluding hydrogens is 455 g/mol. The fraction of sp³-hybridized carbons (Fsp3) is 0.450. The highest BCUT2D eigenvalue weighted by atomic mass is 127. The zero-order valence-electron chi connectivity index (χ0n) is 15.4. The minimum Gasteiger partial charge on any atom is -0.357 e. The fourth-order valence-corrected chi connectivity index (χ4v) is 3.91. The summed E-state index contributed by atoms with van der Waals surface area (Å²) in [5.41, 5.74) is 1.38. The zero-order valence-corrected chi connectivity index (χ0v) is 18.5. The van der Waals surface area contributed by atoms with Crippen molar-refractivity contribution in [3.8, 4) is 0 Å². The number of likely N-dealkylation sites (tertiary alicyclic amines) is 1. The molecule has 1 atom stereocenters. The van der Waals surface area contributed by atoms with E-state index in [9.17, 15) is 0 Å². The van der Waals surface area contributed by atoms with Crippen molar-refractivity contribution in [1.82, 2.24) is 15.5 Å². The van der Waals surface area contributed by atoms with Gasteiger partial charge in [0.2, 0.25) is 0 Å². The Balaban J connectivity index is 0.00000243. The summed E-state index contributed by atoms with van der Waals surface area (Å²) in [6, 6.07) is 15.4. The molecular formula is C20H29IN4S. The highest BCUT2D eigenvalue weighted by Crippen LogP contribution is 2.24. The maximum absolute atomic E-state index is 4.73. The summed E-state index contributed by atoms with van der Waals surface area (Å²) in [7, 11) is 0. The van der Waals surface area contributed by atoms with Gasteiger partial charge in [0.25, 0.3) is 0 Å². The summed E-state index contributed by atoms with van der Waals surface area (Å²) in [5.74, 6) is 0.899. The van der Waals surface area contributed by atoms with Gasteiger partial charge in [-0.3, -0.25) is 4.90 Å². The molecule has 0 aliphatic carbocycles. The van der Waals surface area contributed by atoms with Gasteiger partial charge in [-0.25, -0.2) is 4.99 Å². The van der Waals surface area contributed by atoms with Crippen molar-refractivity contribution < 1.29 is 0 Å². The summed E-state index contributed by atoms with van der Waals surface area (Å²) >= 11 is 1.75. The molecule has 1 fully saturated rings. The van der Waals surface area contributed by atoms with Gasteiger partial charge in [0.05, 0.1) is 12.6 Å². The third kappa shape index (κ3) is 6.25. The summed E-state index contributed by atoms with van der Waals surface area (Å²) in [6.45, 7) is 6.95. The first-order valence-electron chi connectivity index (χ1n) is 9.20. The van der Waals surface area contributed by atoms with Crippen molar-refractivity contribution in [3.63, 3.8) is 0 Å². The van der Waals surface area contributed by atoms with E-state index in [0.717, 1.165) is 25.6 Å². The zero-order chi connectivity index (χ0) is 17.3. The number of nitrogens with one attached hydrogen (secondary N) is 2. The number of nitrogens with zero attached hydrogens (tertiary/aromatic N) is 2. The normalized spacial score (nSPS) is 16.1. The van der Waals surface area contributed by atoms with Gasteiger partial charge in [0, 0.05) is 18.0 Å². The van der Waals surface area contributed by atoms with Crippen molar-refractivity contribution >= 4 is 41.3 Å². The van der Waals surface area contributed by atoms with E-state index in [1.54, 1.807) is 11.3 Å². The number of aliphatic imine (C=N–C) groups is 1. The molecule has 0 spiro atoms. The second-order valence-corrected chi connectivity index (χ2v) is 7.36. The van der Waals surface area contributed by atoms with Gasteiger partial charge < -0.3 is 10.6 Å². The Hall–Kier alpha value is -1.12. The van der Waals surface area contributed by atoms with E-state index < -0.39 is 0 Å². The Labute approximate surface area is 178 Å². The first-order chi connectivity index (χ1) is 12.4. The minimum atomic E-state index is 0. The molecule has 0 bridgehead atoms. The number of rotatable bonds is 7. The molecule has 0 radical (unpaired) electrons. The van der Waals surface area contributed by atoms with Crippen LogP contribution in [0.3, 0.4) is 0 Å². The molecule has 0 amide bonds. The average Bonchev–Trinajstić information content (AvgIpc) is 3.35. The molecule has 0 saturated carbocycles. The Morgan fingerprint density at radius 1 is 1.12 bits per heavy atom. The van der Waals surface area contributed by atoms with Crippen molar-refractivity contribution in [2.75, 3.05) is 26.2 Å². The summed E-state index contributed by atoms with van der Waals surface area (Å²) in [6.07, 6.45) is 2.60. The fourth-order valence-electron chi connectivity index (χ4n) is 3.28. The van der Waals surface area contributed by atoms with Crippen LogP contribution in [0.2, 0.25) is 0 Å². The molecule has 1 aromatic carbocycles. The van der Waals surface area contributed by atoms with E-state index in [2.05, 4.69) is 70.3 Å². The Morgan fingerprint density at radius 3 is 2.54 bits per heavy atom. The molecule has 2 N–H and O–H groups in total.